The lowest BCUT2D eigenvalue weighted by atomic mass is 10.1. The fourth-order valence-corrected chi connectivity index (χ4v) is 1.51. The van der Waals surface area contributed by atoms with Crippen LogP contribution in [0.2, 0.25) is 0 Å². The van der Waals surface area contributed by atoms with Crippen molar-refractivity contribution in [1.29, 1.82) is 0 Å². The summed E-state index contributed by atoms with van der Waals surface area (Å²) in [6, 6.07) is 2.05. The summed E-state index contributed by atoms with van der Waals surface area (Å²) in [4.78, 5) is 0. The molecule has 0 spiro atoms. The molecule has 1 rings (SSSR count). The van der Waals surface area contributed by atoms with E-state index in [2.05, 4.69) is 39.1 Å². The zero-order valence-electron chi connectivity index (χ0n) is 12.2. The van der Waals surface area contributed by atoms with Gasteiger partial charge >= 0.3 is 0 Å². The molecule has 1 aromatic rings. The molecule has 0 aromatic carbocycles. The Kier molecular flexibility index (Phi) is 5.63. The van der Waals surface area contributed by atoms with Crippen LogP contribution < -0.4 is 5.32 Å². The lowest BCUT2D eigenvalue weighted by molar-refractivity contribution is 0.130. The molecular formula is C15H25NO2. The summed E-state index contributed by atoms with van der Waals surface area (Å²) in [5.74, 6) is 1.89. The molecule has 0 aliphatic rings. The van der Waals surface area contributed by atoms with E-state index in [0.717, 1.165) is 18.1 Å². The minimum Gasteiger partial charge on any atom is -0.462 e. The smallest absolute Gasteiger partial charge is 0.130 e. The Labute approximate surface area is 110 Å². The largest absolute Gasteiger partial charge is 0.462 e. The van der Waals surface area contributed by atoms with Crippen LogP contribution in [0.4, 0.5) is 0 Å². The Hall–Kier alpha value is -1.06. The van der Waals surface area contributed by atoms with Gasteiger partial charge < -0.3 is 14.5 Å². The second-order valence-electron chi connectivity index (χ2n) is 5.51. The normalized spacial score (nSPS) is 12.5. The molecule has 0 saturated heterocycles. The van der Waals surface area contributed by atoms with Crippen LogP contribution >= 0.6 is 0 Å². The van der Waals surface area contributed by atoms with Gasteiger partial charge in [0.25, 0.3) is 0 Å². The molecule has 18 heavy (non-hydrogen) atoms. The van der Waals surface area contributed by atoms with Gasteiger partial charge in [0.1, 0.15) is 18.1 Å². The minimum atomic E-state index is 0.0990. The molecule has 0 amide bonds. The monoisotopic (exact) mass is 251 g/mol. The highest BCUT2D eigenvalue weighted by molar-refractivity contribution is 5.19. The molecule has 102 valence electrons. The third kappa shape index (κ3) is 5.52. The Bertz CT molecular complexity index is 386. The topological polar surface area (TPSA) is 34.4 Å². The Morgan fingerprint density at radius 3 is 2.72 bits per heavy atom. The van der Waals surface area contributed by atoms with Gasteiger partial charge in [-0.25, -0.2) is 0 Å². The van der Waals surface area contributed by atoms with Crippen molar-refractivity contribution in [1.82, 2.24) is 5.32 Å². The van der Waals surface area contributed by atoms with Crippen molar-refractivity contribution in [3.8, 4) is 0 Å². The van der Waals surface area contributed by atoms with E-state index in [1.54, 1.807) is 0 Å². The highest BCUT2D eigenvalue weighted by Gasteiger charge is 2.12. The fourth-order valence-electron chi connectivity index (χ4n) is 1.51. The SMILES string of the molecule is CC=CCOCc1cc(C)c(CNC(C)(C)C)o1. The van der Waals surface area contributed by atoms with Gasteiger partial charge in [-0.1, -0.05) is 12.2 Å². The third-order valence-electron chi connectivity index (χ3n) is 2.54. The number of allylic oxidation sites excluding steroid dienone is 1. The minimum absolute atomic E-state index is 0.0990. The molecular weight excluding hydrogens is 226 g/mol. The maximum Gasteiger partial charge on any atom is 0.130 e. The third-order valence-corrected chi connectivity index (χ3v) is 2.54. The van der Waals surface area contributed by atoms with Crippen LogP contribution in [0.3, 0.4) is 0 Å². The Balaban J connectivity index is 2.48. The van der Waals surface area contributed by atoms with E-state index in [1.165, 1.54) is 5.56 Å². The molecule has 0 aliphatic carbocycles. The van der Waals surface area contributed by atoms with Crippen molar-refractivity contribution in [3.63, 3.8) is 0 Å². The lowest BCUT2D eigenvalue weighted by Gasteiger charge is -2.19. The molecule has 0 atom stereocenters. The number of aryl methyl sites for hydroxylation is 1. The van der Waals surface area contributed by atoms with Gasteiger partial charge in [0, 0.05) is 5.54 Å². The highest BCUT2D eigenvalue weighted by atomic mass is 16.5. The summed E-state index contributed by atoms with van der Waals surface area (Å²) in [5, 5.41) is 3.42. The van der Waals surface area contributed by atoms with Crippen LogP contribution in [0.15, 0.2) is 22.6 Å². The highest BCUT2D eigenvalue weighted by Crippen LogP contribution is 2.16. The van der Waals surface area contributed by atoms with Gasteiger partial charge in [0.05, 0.1) is 13.2 Å². The summed E-state index contributed by atoms with van der Waals surface area (Å²) in [5.41, 5.74) is 1.28. The van der Waals surface area contributed by atoms with E-state index < -0.39 is 0 Å². The average molecular weight is 251 g/mol. The standard InChI is InChI=1S/C15H25NO2/c1-6-7-8-17-11-13-9-12(2)14(18-13)10-16-15(3,4)5/h6-7,9,16H,8,10-11H2,1-5H3. The van der Waals surface area contributed by atoms with E-state index in [4.69, 9.17) is 9.15 Å². The summed E-state index contributed by atoms with van der Waals surface area (Å²) in [7, 11) is 0. The first-order valence-corrected chi connectivity index (χ1v) is 6.44. The second kappa shape index (κ2) is 6.76. The maximum absolute atomic E-state index is 5.78. The van der Waals surface area contributed by atoms with Crippen molar-refractivity contribution in [2.45, 2.75) is 53.3 Å². The van der Waals surface area contributed by atoms with Crippen molar-refractivity contribution < 1.29 is 9.15 Å². The van der Waals surface area contributed by atoms with E-state index in [-0.39, 0.29) is 5.54 Å². The summed E-state index contributed by atoms with van der Waals surface area (Å²) >= 11 is 0. The van der Waals surface area contributed by atoms with Crippen LogP contribution in [0.1, 0.15) is 44.8 Å². The van der Waals surface area contributed by atoms with Crippen LogP contribution in [-0.2, 0) is 17.9 Å². The summed E-state index contributed by atoms with van der Waals surface area (Å²) < 4.78 is 11.3. The zero-order valence-corrected chi connectivity index (χ0v) is 12.2. The van der Waals surface area contributed by atoms with E-state index in [0.29, 0.717) is 13.2 Å². The van der Waals surface area contributed by atoms with Gasteiger partial charge in [-0.05, 0) is 46.2 Å². The van der Waals surface area contributed by atoms with Gasteiger partial charge in [0.2, 0.25) is 0 Å². The first kappa shape index (κ1) is 15.0. The van der Waals surface area contributed by atoms with Crippen molar-refractivity contribution in [2.75, 3.05) is 6.61 Å². The number of hydrogen-bond donors (Lipinski definition) is 1. The first-order chi connectivity index (χ1) is 8.42. The number of ether oxygens (including phenoxy) is 1. The van der Waals surface area contributed by atoms with E-state index in [9.17, 15) is 0 Å². The molecule has 1 aromatic heterocycles. The Morgan fingerprint density at radius 2 is 2.11 bits per heavy atom. The average Bonchev–Trinajstić information content (AvgIpc) is 2.62. The summed E-state index contributed by atoms with van der Waals surface area (Å²) in [6.07, 6.45) is 3.96. The molecule has 1 heterocycles. The van der Waals surface area contributed by atoms with Gasteiger partial charge in [0.15, 0.2) is 0 Å². The van der Waals surface area contributed by atoms with Crippen LogP contribution in [-0.4, -0.2) is 12.1 Å². The van der Waals surface area contributed by atoms with E-state index in [1.807, 2.05) is 19.1 Å². The fraction of sp³-hybridized carbons (Fsp3) is 0.600. The molecule has 3 nitrogen and oxygen atoms in total. The number of rotatable bonds is 6. The first-order valence-electron chi connectivity index (χ1n) is 6.44. The van der Waals surface area contributed by atoms with Gasteiger partial charge in [-0.3, -0.25) is 0 Å². The predicted molar refractivity (Wildman–Crippen MR) is 74.5 cm³/mol. The quantitative estimate of drug-likeness (QED) is 0.620. The van der Waals surface area contributed by atoms with Crippen LogP contribution in [0, 0.1) is 6.92 Å². The molecule has 3 heteroatoms. The molecule has 0 fully saturated rings. The van der Waals surface area contributed by atoms with Crippen molar-refractivity contribution >= 4 is 0 Å². The lowest BCUT2D eigenvalue weighted by Crippen LogP contribution is -2.35. The molecule has 0 radical (unpaired) electrons. The van der Waals surface area contributed by atoms with Crippen LogP contribution in [0.25, 0.3) is 0 Å². The molecule has 0 aliphatic heterocycles. The number of hydrogen-bond acceptors (Lipinski definition) is 3. The van der Waals surface area contributed by atoms with Gasteiger partial charge in [-0.15, -0.1) is 0 Å². The molecule has 0 saturated carbocycles. The molecule has 0 bridgehead atoms. The maximum atomic E-state index is 5.78. The van der Waals surface area contributed by atoms with E-state index >= 15 is 0 Å². The number of nitrogens with one attached hydrogen (secondary N) is 1. The van der Waals surface area contributed by atoms with Crippen LogP contribution in [0.5, 0.6) is 0 Å². The van der Waals surface area contributed by atoms with Gasteiger partial charge in [-0.2, -0.15) is 0 Å². The zero-order chi connectivity index (χ0) is 13.6. The molecule has 1 N–H and O–H groups in total. The second-order valence-corrected chi connectivity index (χ2v) is 5.51. The summed E-state index contributed by atoms with van der Waals surface area (Å²) in [6.45, 7) is 12.4. The van der Waals surface area contributed by atoms with Crippen molar-refractivity contribution in [3.05, 3.63) is 35.3 Å². The molecule has 0 unspecified atom stereocenters. The van der Waals surface area contributed by atoms with Crippen molar-refractivity contribution in [2.24, 2.45) is 0 Å². The Morgan fingerprint density at radius 1 is 1.39 bits per heavy atom. The predicted octanol–water partition coefficient (Wildman–Crippen LogP) is 3.57. The number of furan rings is 1.